The molecule has 0 heterocycles. The van der Waals surface area contributed by atoms with Gasteiger partial charge in [0.2, 0.25) is 0 Å². The van der Waals surface area contributed by atoms with E-state index in [9.17, 15) is 19.2 Å². The molecule has 1 amide bonds. The number of nitrogens with zero attached hydrogens (tertiary/aromatic N) is 1. The molecule has 0 saturated carbocycles. The van der Waals surface area contributed by atoms with E-state index in [0.717, 1.165) is 12.2 Å². The van der Waals surface area contributed by atoms with Crippen LogP contribution >= 0.6 is 0 Å². The first-order valence-electron chi connectivity index (χ1n) is 14.6. The minimum absolute atomic E-state index is 0.304. The SMILES string of the molecule is C=CC(=O)OCCCCOc1ccc(C(=O)N/N=C/c2ccc(OC(=O)c3ccc(OCCCCOC(=O)C=C)cc3)cc2)cc1. The van der Waals surface area contributed by atoms with Gasteiger partial charge in [-0.3, -0.25) is 4.79 Å². The summed E-state index contributed by atoms with van der Waals surface area (Å²) in [6.45, 7) is 8.18. The summed E-state index contributed by atoms with van der Waals surface area (Å²) in [5.41, 5.74) is 3.93. The molecule has 0 aliphatic carbocycles. The fourth-order valence-corrected chi connectivity index (χ4v) is 3.66. The van der Waals surface area contributed by atoms with E-state index in [2.05, 4.69) is 23.7 Å². The van der Waals surface area contributed by atoms with Gasteiger partial charge in [0.25, 0.3) is 5.91 Å². The van der Waals surface area contributed by atoms with E-state index in [-0.39, 0.29) is 5.91 Å². The Hall–Kier alpha value is -5.71. The van der Waals surface area contributed by atoms with Crippen LogP contribution in [0.2, 0.25) is 0 Å². The summed E-state index contributed by atoms with van der Waals surface area (Å²) in [5.74, 6) is -0.232. The van der Waals surface area contributed by atoms with Gasteiger partial charge in [0.05, 0.1) is 38.2 Å². The van der Waals surface area contributed by atoms with Gasteiger partial charge in [-0.15, -0.1) is 0 Å². The highest BCUT2D eigenvalue weighted by molar-refractivity contribution is 5.95. The maximum atomic E-state index is 12.5. The topological polar surface area (TPSA) is 139 Å². The predicted molar refractivity (Wildman–Crippen MR) is 171 cm³/mol. The zero-order chi connectivity index (χ0) is 33.0. The van der Waals surface area contributed by atoms with Crippen molar-refractivity contribution in [2.75, 3.05) is 26.4 Å². The fraction of sp³-hybridized carbons (Fsp3) is 0.229. The van der Waals surface area contributed by atoms with Gasteiger partial charge in [-0.05, 0) is 104 Å². The Morgan fingerprint density at radius 1 is 0.609 bits per heavy atom. The molecule has 11 nitrogen and oxygen atoms in total. The molecule has 0 aliphatic heterocycles. The Bertz CT molecular complexity index is 1480. The van der Waals surface area contributed by atoms with E-state index in [1.165, 1.54) is 6.21 Å². The molecule has 11 heteroatoms. The van der Waals surface area contributed by atoms with Crippen LogP contribution in [0.4, 0.5) is 0 Å². The Balaban J connectivity index is 1.35. The molecule has 3 aromatic rings. The Kier molecular flexibility index (Phi) is 14.8. The lowest BCUT2D eigenvalue weighted by Crippen LogP contribution is -2.17. The third kappa shape index (κ3) is 12.9. The van der Waals surface area contributed by atoms with E-state index in [0.29, 0.717) is 86.0 Å². The molecule has 0 spiro atoms. The number of carbonyl (C=O) groups excluding carboxylic acids is 4. The minimum atomic E-state index is -0.521. The van der Waals surface area contributed by atoms with Crippen molar-refractivity contribution in [3.05, 3.63) is 115 Å². The second-order valence-electron chi connectivity index (χ2n) is 9.56. The number of rotatable bonds is 19. The van der Waals surface area contributed by atoms with Crippen LogP contribution in [-0.4, -0.2) is 56.5 Å². The summed E-state index contributed by atoms with van der Waals surface area (Å²) < 4.78 is 26.5. The quantitative estimate of drug-likeness (QED) is 0.0459. The van der Waals surface area contributed by atoms with Crippen molar-refractivity contribution in [1.29, 1.82) is 0 Å². The van der Waals surface area contributed by atoms with Crippen molar-refractivity contribution in [3.63, 3.8) is 0 Å². The monoisotopic (exact) mass is 628 g/mol. The molecule has 0 unspecified atom stereocenters. The molecule has 46 heavy (non-hydrogen) atoms. The molecule has 240 valence electrons. The van der Waals surface area contributed by atoms with E-state index in [1.807, 2.05) is 0 Å². The number of nitrogens with one attached hydrogen (secondary N) is 1. The molecule has 0 aromatic heterocycles. The van der Waals surface area contributed by atoms with Gasteiger partial charge in [-0.25, -0.2) is 19.8 Å². The summed E-state index contributed by atoms with van der Waals surface area (Å²) in [4.78, 5) is 46.9. The molecule has 0 aliphatic rings. The number of hydrogen-bond donors (Lipinski definition) is 1. The Morgan fingerprint density at radius 3 is 1.57 bits per heavy atom. The minimum Gasteiger partial charge on any atom is -0.494 e. The highest BCUT2D eigenvalue weighted by Crippen LogP contribution is 2.17. The number of hydrogen-bond acceptors (Lipinski definition) is 10. The van der Waals surface area contributed by atoms with Gasteiger partial charge in [-0.2, -0.15) is 5.10 Å². The molecule has 0 fully saturated rings. The average Bonchev–Trinajstić information content (AvgIpc) is 3.08. The molecule has 0 atom stereocenters. The molecule has 1 N–H and O–H groups in total. The van der Waals surface area contributed by atoms with Crippen molar-refractivity contribution in [1.82, 2.24) is 5.43 Å². The van der Waals surface area contributed by atoms with Crippen LogP contribution in [0.1, 0.15) is 52.0 Å². The average molecular weight is 629 g/mol. The first-order valence-corrected chi connectivity index (χ1v) is 14.6. The van der Waals surface area contributed by atoms with Crippen LogP contribution in [0.5, 0.6) is 17.2 Å². The van der Waals surface area contributed by atoms with Crippen molar-refractivity contribution in [3.8, 4) is 17.2 Å². The van der Waals surface area contributed by atoms with E-state index in [1.54, 1.807) is 72.8 Å². The third-order valence-electron chi connectivity index (χ3n) is 6.11. The van der Waals surface area contributed by atoms with Crippen LogP contribution < -0.4 is 19.6 Å². The lowest BCUT2D eigenvalue weighted by atomic mass is 10.2. The van der Waals surface area contributed by atoms with Crippen molar-refractivity contribution in [2.24, 2.45) is 5.10 Å². The van der Waals surface area contributed by atoms with Gasteiger partial charge >= 0.3 is 17.9 Å². The second-order valence-corrected chi connectivity index (χ2v) is 9.56. The summed E-state index contributed by atoms with van der Waals surface area (Å²) >= 11 is 0. The Labute approximate surface area is 267 Å². The standard InChI is InChI=1S/C35H36N2O9/c1-3-32(38)44-23-7-5-21-42-29-17-11-27(12-18-29)34(40)37-36-25-26-9-15-31(16-10-26)46-35(41)28-13-19-30(20-14-28)43-22-6-8-24-45-33(39)4-2/h3-4,9-20,25H,1-2,5-8,21-24H2,(H,37,40)/b36-25+. The lowest BCUT2D eigenvalue weighted by Gasteiger charge is -2.08. The molecule has 0 saturated heterocycles. The highest BCUT2D eigenvalue weighted by Gasteiger charge is 2.09. The second kappa shape index (κ2) is 19.5. The van der Waals surface area contributed by atoms with Crippen LogP contribution in [-0.2, 0) is 19.1 Å². The van der Waals surface area contributed by atoms with Crippen LogP contribution in [0, 0.1) is 0 Å². The summed E-state index contributed by atoms with van der Waals surface area (Å²) in [7, 11) is 0. The molecular weight excluding hydrogens is 592 g/mol. The third-order valence-corrected chi connectivity index (χ3v) is 6.11. The van der Waals surface area contributed by atoms with E-state index in [4.69, 9.17) is 23.7 Å². The number of esters is 3. The molecule has 0 bridgehead atoms. The fourth-order valence-electron chi connectivity index (χ4n) is 3.66. The zero-order valence-electron chi connectivity index (χ0n) is 25.4. The number of unbranched alkanes of at least 4 members (excludes halogenated alkanes) is 2. The van der Waals surface area contributed by atoms with Gasteiger partial charge in [-0.1, -0.05) is 13.2 Å². The van der Waals surface area contributed by atoms with Gasteiger partial charge in [0.1, 0.15) is 17.2 Å². The normalized spacial score (nSPS) is 10.4. The number of hydrazone groups is 1. The van der Waals surface area contributed by atoms with E-state index < -0.39 is 17.9 Å². The maximum Gasteiger partial charge on any atom is 0.343 e. The van der Waals surface area contributed by atoms with Gasteiger partial charge in [0.15, 0.2) is 0 Å². The Morgan fingerprint density at radius 2 is 1.07 bits per heavy atom. The first kappa shape index (κ1) is 34.8. The number of benzene rings is 3. The molecule has 3 aromatic carbocycles. The predicted octanol–water partition coefficient (Wildman–Crippen LogP) is 5.45. The summed E-state index contributed by atoms with van der Waals surface area (Å²) in [5, 5.41) is 3.99. The van der Waals surface area contributed by atoms with Crippen LogP contribution in [0.25, 0.3) is 0 Å². The van der Waals surface area contributed by atoms with Crippen molar-refractivity contribution >= 4 is 30.0 Å². The summed E-state index contributed by atoms with van der Waals surface area (Å²) in [6.07, 6.45) is 6.46. The van der Waals surface area contributed by atoms with Crippen LogP contribution in [0.3, 0.4) is 0 Å². The van der Waals surface area contributed by atoms with Crippen molar-refractivity contribution in [2.45, 2.75) is 25.7 Å². The molecular formula is C35H36N2O9. The van der Waals surface area contributed by atoms with Crippen LogP contribution in [0.15, 0.2) is 103 Å². The van der Waals surface area contributed by atoms with Crippen molar-refractivity contribution < 1.29 is 42.9 Å². The first-order chi connectivity index (χ1) is 22.4. The largest absolute Gasteiger partial charge is 0.494 e. The maximum absolute atomic E-state index is 12.5. The molecule has 3 rings (SSSR count). The van der Waals surface area contributed by atoms with Gasteiger partial charge < -0.3 is 23.7 Å². The lowest BCUT2D eigenvalue weighted by molar-refractivity contribution is -0.138. The summed E-state index contributed by atoms with van der Waals surface area (Å²) in [6, 6.07) is 19.9. The highest BCUT2D eigenvalue weighted by atomic mass is 16.5. The van der Waals surface area contributed by atoms with Gasteiger partial charge in [0, 0.05) is 17.7 Å². The number of ether oxygens (including phenoxy) is 5. The molecule has 0 radical (unpaired) electrons. The smallest absolute Gasteiger partial charge is 0.343 e. The number of amides is 1. The number of carbonyl (C=O) groups is 4. The zero-order valence-corrected chi connectivity index (χ0v) is 25.4. The van der Waals surface area contributed by atoms with E-state index >= 15 is 0 Å².